The number of aromatic amines is 1. The van der Waals surface area contributed by atoms with Crippen molar-refractivity contribution in [1.29, 1.82) is 0 Å². The molecule has 6 heteroatoms. The van der Waals surface area contributed by atoms with Gasteiger partial charge in [-0.3, -0.25) is 4.21 Å². The van der Waals surface area contributed by atoms with Gasteiger partial charge in [-0.05, 0) is 30.7 Å². The Morgan fingerprint density at radius 2 is 2.22 bits per heavy atom. The van der Waals surface area contributed by atoms with Crippen LogP contribution in [-0.4, -0.2) is 43.8 Å². The topological polar surface area (TPSA) is 61.9 Å². The van der Waals surface area contributed by atoms with Gasteiger partial charge >= 0.3 is 0 Å². The molecule has 23 heavy (non-hydrogen) atoms. The summed E-state index contributed by atoms with van der Waals surface area (Å²) in [4.78, 5) is 14.1. The molecule has 5 nitrogen and oxygen atoms in total. The van der Waals surface area contributed by atoms with Gasteiger partial charge in [-0.2, -0.15) is 0 Å². The van der Waals surface area contributed by atoms with Gasteiger partial charge in [-0.1, -0.05) is 20.3 Å². The zero-order valence-electron chi connectivity index (χ0n) is 14.2. The van der Waals surface area contributed by atoms with Crippen molar-refractivity contribution < 1.29 is 4.21 Å². The van der Waals surface area contributed by atoms with E-state index in [4.69, 9.17) is 0 Å². The van der Waals surface area contributed by atoms with Crippen molar-refractivity contribution in [2.24, 2.45) is 11.8 Å². The molecule has 1 aliphatic rings. The Morgan fingerprint density at radius 1 is 1.43 bits per heavy atom. The molecule has 0 aliphatic heterocycles. The lowest BCUT2D eigenvalue weighted by molar-refractivity contribution is 0.284. The van der Waals surface area contributed by atoms with Gasteiger partial charge < -0.3 is 9.88 Å². The summed E-state index contributed by atoms with van der Waals surface area (Å²) in [6.45, 7) is 4.35. The molecule has 2 heterocycles. The first-order valence-electron chi connectivity index (χ1n) is 8.44. The van der Waals surface area contributed by atoms with Crippen LogP contribution >= 0.6 is 0 Å². The van der Waals surface area contributed by atoms with Crippen LogP contribution in [0.5, 0.6) is 0 Å². The fraction of sp³-hybridized carbons (Fsp3) is 0.647. The van der Waals surface area contributed by atoms with Crippen molar-refractivity contribution in [3.05, 3.63) is 18.6 Å². The second-order valence-electron chi connectivity index (χ2n) is 6.83. The van der Waals surface area contributed by atoms with Crippen LogP contribution in [0.3, 0.4) is 0 Å². The summed E-state index contributed by atoms with van der Waals surface area (Å²) < 4.78 is 12.2. The van der Waals surface area contributed by atoms with Crippen LogP contribution < -0.4 is 4.90 Å². The predicted molar refractivity (Wildman–Crippen MR) is 96.1 cm³/mol. The lowest BCUT2D eigenvalue weighted by Crippen LogP contribution is -2.45. The summed E-state index contributed by atoms with van der Waals surface area (Å²) in [5, 5.41) is 1.07. The molecular formula is C17H26N4OS. The molecule has 0 radical (unpaired) electrons. The minimum absolute atomic E-state index is 0.494. The second kappa shape index (κ2) is 6.99. The summed E-state index contributed by atoms with van der Waals surface area (Å²) in [6.07, 6.45) is 6.85. The molecule has 0 bridgehead atoms. The lowest BCUT2D eigenvalue weighted by Gasteiger charge is -2.41. The second-order valence-corrected chi connectivity index (χ2v) is 8.37. The summed E-state index contributed by atoms with van der Waals surface area (Å²) >= 11 is 0. The molecule has 1 aliphatic carbocycles. The number of hydrogen-bond donors (Lipinski definition) is 1. The van der Waals surface area contributed by atoms with E-state index >= 15 is 0 Å². The van der Waals surface area contributed by atoms with Crippen LogP contribution in [0, 0.1) is 11.8 Å². The van der Waals surface area contributed by atoms with Gasteiger partial charge in [-0.15, -0.1) is 0 Å². The minimum atomic E-state index is -0.666. The third kappa shape index (κ3) is 3.57. The zero-order chi connectivity index (χ0) is 16.4. The summed E-state index contributed by atoms with van der Waals surface area (Å²) in [6, 6.07) is 2.52. The fourth-order valence-corrected chi connectivity index (χ4v) is 5.04. The van der Waals surface area contributed by atoms with E-state index in [2.05, 4.69) is 40.7 Å². The third-order valence-electron chi connectivity index (χ3n) is 5.01. The largest absolute Gasteiger partial charge is 0.356 e. The Bertz CT molecular complexity index is 680. The van der Waals surface area contributed by atoms with Crippen molar-refractivity contribution in [2.45, 2.75) is 39.2 Å². The Balaban J connectivity index is 1.55. The van der Waals surface area contributed by atoms with E-state index in [0.717, 1.165) is 47.6 Å². The molecule has 0 spiro atoms. The number of fused-ring (bicyclic) bond motifs is 1. The van der Waals surface area contributed by atoms with Crippen LogP contribution in [0.15, 0.2) is 18.6 Å². The van der Waals surface area contributed by atoms with Crippen molar-refractivity contribution in [3.63, 3.8) is 0 Å². The van der Waals surface area contributed by atoms with Crippen LogP contribution in [-0.2, 0) is 10.8 Å². The number of nitrogens with zero attached hydrogens (tertiary/aromatic N) is 3. The number of H-pyrrole nitrogens is 1. The highest BCUT2D eigenvalue weighted by molar-refractivity contribution is 7.85. The third-order valence-corrected chi connectivity index (χ3v) is 6.80. The Morgan fingerprint density at radius 3 is 2.96 bits per heavy atom. The molecule has 0 amide bonds. The summed E-state index contributed by atoms with van der Waals surface area (Å²) in [5.41, 5.74) is 0.882. The van der Waals surface area contributed by atoms with Gasteiger partial charge in [0.15, 0.2) is 0 Å². The van der Waals surface area contributed by atoms with Crippen molar-refractivity contribution in [2.75, 3.05) is 23.5 Å². The van der Waals surface area contributed by atoms with E-state index < -0.39 is 10.8 Å². The number of nitrogens with one attached hydrogen (secondary N) is 1. The quantitative estimate of drug-likeness (QED) is 0.845. The monoisotopic (exact) mass is 334 g/mol. The van der Waals surface area contributed by atoms with E-state index in [1.165, 1.54) is 0 Å². The van der Waals surface area contributed by atoms with Gasteiger partial charge in [0.25, 0.3) is 0 Å². The Hall–Kier alpha value is -1.43. The first-order valence-corrected chi connectivity index (χ1v) is 9.93. The number of aromatic nitrogens is 3. The van der Waals surface area contributed by atoms with Crippen molar-refractivity contribution >= 4 is 27.7 Å². The van der Waals surface area contributed by atoms with E-state index in [1.807, 2.05) is 12.3 Å². The number of hydrogen-bond acceptors (Lipinski definition) is 4. The standard InChI is InChI=1S/C17H26N4OS/c1-4-12(2)9-23(22)10-13-7-14(8-13)21(3)17-15-5-6-18-16(15)19-11-20-17/h5-6,11-14H,4,7-10H2,1-3H3,(H,18,19,20). The Labute approximate surface area is 140 Å². The maximum Gasteiger partial charge on any atom is 0.142 e. The first-order chi connectivity index (χ1) is 11.1. The highest BCUT2D eigenvalue weighted by Crippen LogP contribution is 2.35. The highest BCUT2D eigenvalue weighted by atomic mass is 32.2. The molecule has 0 aromatic carbocycles. The lowest BCUT2D eigenvalue weighted by atomic mass is 9.81. The van der Waals surface area contributed by atoms with Crippen LogP contribution in [0.1, 0.15) is 33.1 Å². The van der Waals surface area contributed by atoms with Crippen LogP contribution in [0.4, 0.5) is 5.82 Å². The van der Waals surface area contributed by atoms with Gasteiger partial charge in [0.1, 0.15) is 17.8 Å². The van der Waals surface area contributed by atoms with Gasteiger partial charge in [0.05, 0.1) is 5.39 Å². The summed E-state index contributed by atoms with van der Waals surface area (Å²) in [7, 11) is 1.44. The predicted octanol–water partition coefficient (Wildman–Crippen LogP) is 2.97. The maximum atomic E-state index is 12.2. The average molecular weight is 334 g/mol. The minimum Gasteiger partial charge on any atom is -0.356 e. The maximum absolute atomic E-state index is 12.2. The normalized spacial score (nSPS) is 23.4. The molecule has 1 N–H and O–H groups in total. The van der Waals surface area contributed by atoms with Gasteiger partial charge in [0.2, 0.25) is 0 Å². The van der Waals surface area contributed by atoms with Crippen LogP contribution in [0.25, 0.3) is 11.0 Å². The highest BCUT2D eigenvalue weighted by Gasteiger charge is 2.34. The summed E-state index contributed by atoms with van der Waals surface area (Å²) in [5.74, 6) is 3.86. The van der Waals surface area contributed by atoms with E-state index in [1.54, 1.807) is 6.33 Å². The molecule has 3 rings (SSSR count). The molecule has 1 fully saturated rings. The SMILES string of the molecule is CCC(C)CS(=O)CC1CC(N(C)c2ncnc3[nH]ccc23)C1. The molecule has 0 saturated heterocycles. The molecule has 2 unspecified atom stereocenters. The number of rotatable bonds is 7. The number of anilines is 1. The molecule has 2 aromatic heterocycles. The van der Waals surface area contributed by atoms with E-state index in [-0.39, 0.29) is 0 Å². The van der Waals surface area contributed by atoms with Gasteiger partial charge in [-0.25, -0.2) is 9.97 Å². The molecule has 2 aromatic rings. The molecule has 126 valence electrons. The van der Waals surface area contributed by atoms with Gasteiger partial charge in [0, 0.05) is 41.6 Å². The van der Waals surface area contributed by atoms with Crippen molar-refractivity contribution in [1.82, 2.24) is 15.0 Å². The van der Waals surface area contributed by atoms with E-state index in [9.17, 15) is 4.21 Å². The zero-order valence-corrected chi connectivity index (χ0v) is 15.0. The Kier molecular flexibility index (Phi) is 4.99. The molecular weight excluding hydrogens is 308 g/mol. The molecule has 1 saturated carbocycles. The fourth-order valence-electron chi connectivity index (χ4n) is 3.23. The smallest absolute Gasteiger partial charge is 0.142 e. The average Bonchev–Trinajstić information content (AvgIpc) is 2.98. The van der Waals surface area contributed by atoms with Crippen LogP contribution in [0.2, 0.25) is 0 Å². The van der Waals surface area contributed by atoms with Crippen molar-refractivity contribution in [3.8, 4) is 0 Å². The first kappa shape index (κ1) is 16.4. The van der Waals surface area contributed by atoms with E-state index in [0.29, 0.717) is 17.9 Å². The molecule has 2 atom stereocenters.